The highest BCUT2D eigenvalue weighted by Crippen LogP contribution is 2.05. The van der Waals surface area contributed by atoms with E-state index in [0.29, 0.717) is 4.48 Å². The van der Waals surface area contributed by atoms with Gasteiger partial charge in [-0.2, -0.15) is 0 Å². The molecule has 1 atom stereocenters. The van der Waals surface area contributed by atoms with E-state index in [-0.39, 0.29) is 0 Å². The molecule has 1 heterocycles. The van der Waals surface area contributed by atoms with E-state index in [9.17, 15) is 0 Å². The molecule has 0 aromatic carbocycles. The van der Waals surface area contributed by atoms with Crippen molar-refractivity contribution in [1.82, 2.24) is 0 Å². The zero-order valence-corrected chi connectivity index (χ0v) is 4.91. The third kappa shape index (κ3) is 0.699. The van der Waals surface area contributed by atoms with Crippen molar-refractivity contribution < 1.29 is 4.48 Å². The molecule has 2 nitrogen and oxygen atoms in total. The Hall–Kier alpha value is -0.890. The summed E-state index contributed by atoms with van der Waals surface area (Å²) >= 11 is 0. The number of quaternary nitrogens is 1. The van der Waals surface area contributed by atoms with Gasteiger partial charge in [0.1, 0.15) is 6.20 Å². The maximum Gasteiger partial charge on any atom is 0.199 e. The Labute approximate surface area is 49.0 Å². The Kier molecular flexibility index (Phi) is 1.02. The van der Waals surface area contributed by atoms with Gasteiger partial charge in [0, 0.05) is 0 Å². The minimum Gasteiger partial charge on any atom is -0.230 e. The van der Waals surface area contributed by atoms with Crippen LogP contribution in [-0.2, 0) is 0 Å². The first-order valence-electron chi connectivity index (χ1n) is 2.48. The molecule has 1 aliphatic rings. The summed E-state index contributed by atoms with van der Waals surface area (Å²) in [5.74, 6) is 0. The fraction of sp³-hybridized carbons (Fsp3) is 0.167. The van der Waals surface area contributed by atoms with Crippen LogP contribution in [0.3, 0.4) is 0 Å². The first-order valence-corrected chi connectivity index (χ1v) is 2.48. The van der Waals surface area contributed by atoms with Crippen molar-refractivity contribution in [3.63, 3.8) is 0 Å². The lowest BCUT2D eigenvalue weighted by atomic mass is 10.6. The van der Waals surface area contributed by atoms with Gasteiger partial charge in [-0.25, -0.2) is 9.48 Å². The fourth-order valence-corrected chi connectivity index (χ4v) is 0.511. The maximum atomic E-state index is 3.90. The number of aliphatic imine (C=N–C) groups is 1. The Morgan fingerprint density at radius 1 is 1.75 bits per heavy atom. The van der Waals surface area contributed by atoms with Crippen LogP contribution in [-0.4, -0.2) is 17.9 Å². The second-order valence-electron chi connectivity index (χ2n) is 1.97. The highest BCUT2D eigenvalue weighted by Gasteiger charge is 2.13. The second kappa shape index (κ2) is 1.56. The summed E-state index contributed by atoms with van der Waals surface area (Å²) in [5, 5.41) is 0. The molecule has 0 radical (unpaired) electrons. The summed E-state index contributed by atoms with van der Waals surface area (Å²) in [4.78, 5) is 3.90. The third-order valence-electron chi connectivity index (χ3n) is 1.18. The molecule has 8 heavy (non-hydrogen) atoms. The van der Waals surface area contributed by atoms with E-state index < -0.39 is 0 Å². The summed E-state index contributed by atoms with van der Waals surface area (Å²) in [7, 11) is 2.00. The standard InChI is InChI=1S/C6H9N2/c1-3-8(2)5-4-7-6-8/h3-6H,1H2,2H3/q+1/t8-/m0/s1. The molecule has 0 saturated carbocycles. The van der Waals surface area contributed by atoms with E-state index in [1.807, 2.05) is 25.8 Å². The number of hydrogen-bond donors (Lipinski definition) is 0. The largest absolute Gasteiger partial charge is 0.230 e. The molecule has 1 aliphatic heterocycles. The van der Waals surface area contributed by atoms with E-state index in [1.165, 1.54) is 0 Å². The minimum atomic E-state index is 0.611. The lowest BCUT2D eigenvalue weighted by Crippen LogP contribution is -2.26. The van der Waals surface area contributed by atoms with Crippen LogP contribution in [0.25, 0.3) is 0 Å². The van der Waals surface area contributed by atoms with Gasteiger partial charge in [0.25, 0.3) is 0 Å². The third-order valence-corrected chi connectivity index (χ3v) is 1.18. The van der Waals surface area contributed by atoms with Gasteiger partial charge >= 0.3 is 0 Å². The molecule has 0 fully saturated rings. The molecule has 2 heteroatoms. The van der Waals surface area contributed by atoms with Gasteiger partial charge in [-0.15, -0.1) is 0 Å². The second-order valence-corrected chi connectivity index (χ2v) is 1.97. The normalized spacial score (nSPS) is 33.6. The number of rotatable bonds is 1. The summed E-state index contributed by atoms with van der Waals surface area (Å²) in [6.45, 7) is 3.64. The Morgan fingerprint density at radius 2 is 2.50 bits per heavy atom. The highest BCUT2D eigenvalue weighted by molar-refractivity contribution is 5.51. The fourth-order valence-electron chi connectivity index (χ4n) is 0.511. The molecule has 0 bridgehead atoms. The van der Waals surface area contributed by atoms with Crippen LogP contribution in [0.5, 0.6) is 0 Å². The number of nitrogens with zero attached hydrogens (tertiary/aromatic N) is 2. The van der Waals surface area contributed by atoms with E-state index in [2.05, 4.69) is 11.6 Å². The van der Waals surface area contributed by atoms with Gasteiger partial charge in [-0.1, -0.05) is 0 Å². The monoisotopic (exact) mass is 109 g/mol. The highest BCUT2D eigenvalue weighted by atomic mass is 15.3. The van der Waals surface area contributed by atoms with Crippen LogP contribution in [0.4, 0.5) is 0 Å². The Morgan fingerprint density at radius 3 is 2.75 bits per heavy atom. The maximum absolute atomic E-state index is 3.90. The van der Waals surface area contributed by atoms with Crippen molar-refractivity contribution in [2.45, 2.75) is 0 Å². The molecule has 0 spiro atoms. The molecule has 0 unspecified atom stereocenters. The van der Waals surface area contributed by atoms with E-state index in [4.69, 9.17) is 0 Å². The topological polar surface area (TPSA) is 12.4 Å². The van der Waals surface area contributed by atoms with Crippen LogP contribution in [0, 0.1) is 0 Å². The van der Waals surface area contributed by atoms with Crippen molar-refractivity contribution in [1.29, 1.82) is 0 Å². The minimum absolute atomic E-state index is 0.611. The van der Waals surface area contributed by atoms with E-state index in [1.54, 1.807) is 6.20 Å². The van der Waals surface area contributed by atoms with Crippen molar-refractivity contribution in [3.05, 3.63) is 25.2 Å². The zero-order chi connectivity index (χ0) is 6.04. The first-order chi connectivity index (χ1) is 3.77. The molecule has 0 aliphatic carbocycles. The molecule has 0 N–H and O–H groups in total. The molecule has 0 saturated heterocycles. The molecule has 1 rings (SSSR count). The molecule has 0 aromatic rings. The predicted octanol–water partition coefficient (Wildman–Crippen LogP) is 1.09. The van der Waals surface area contributed by atoms with Gasteiger partial charge in [0.05, 0.1) is 19.4 Å². The summed E-state index contributed by atoms with van der Waals surface area (Å²) in [6.07, 6.45) is 7.34. The van der Waals surface area contributed by atoms with Gasteiger partial charge in [-0.3, -0.25) is 0 Å². The van der Waals surface area contributed by atoms with Gasteiger partial charge < -0.3 is 0 Å². The van der Waals surface area contributed by atoms with Crippen molar-refractivity contribution >= 4 is 6.34 Å². The quantitative estimate of drug-likeness (QED) is 0.447. The average molecular weight is 109 g/mol. The van der Waals surface area contributed by atoms with Gasteiger partial charge in [-0.05, 0) is 6.58 Å². The van der Waals surface area contributed by atoms with Crippen molar-refractivity contribution in [2.75, 3.05) is 7.05 Å². The van der Waals surface area contributed by atoms with Gasteiger partial charge in [0.2, 0.25) is 0 Å². The lowest BCUT2D eigenvalue weighted by Gasteiger charge is -2.13. The Balaban J connectivity index is 2.83. The lowest BCUT2D eigenvalue weighted by molar-refractivity contribution is -0.696. The predicted molar refractivity (Wildman–Crippen MR) is 34.0 cm³/mol. The first kappa shape index (κ1) is 5.25. The zero-order valence-electron chi connectivity index (χ0n) is 4.91. The van der Waals surface area contributed by atoms with Crippen LogP contribution < -0.4 is 0 Å². The van der Waals surface area contributed by atoms with Crippen molar-refractivity contribution in [2.24, 2.45) is 4.99 Å². The summed E-state index contributed by atoms with van der Waals surface area (Å²) < 4.78 is 0.611. The summed E-state index contributed by atoms with van der Waals surface area (Å²) in [5.41, 5.74) is 0. The molecular weight excluding hydrogens is 100 g/mol. The molecular formula is C6H9N2+. The molecule has 42 valence electrons. The van der Waals surface area contributed by atoms with Crippen LogP contribution in [0.2, 0.25) is 0 Å². The van der Waals surface area contributed by atoms with Crippen LogP contribution in [0.15, 0.2) is 30.2 Å². The molecule has 0 aromatic heterocycles. The number of hydrogen-bond acceptors (Lipinski definition) is 1. The smallest absolute Gasteiger partial charge is 0.199 e. The SMILES string of the molecule is C=C[N@@+]1(C)C=CN=C1. The summed E-state index contributed by atoms with van der Waals surface area (Å²) in [6, 6.07) is 0. The van der Waals surface area contributed by atoms with Gasteiger partial charge in [0.15, 0.2) is 6.34 Å². The van der Waals surface area contributed by atoms with E-state index >= 15 is 0 Å². The van der Waals surface area contributed by atoms with Crippen LogP contribution in [0.1, 0.15) is 0 Å². The average Bonchev–Trinajstić information content (AvgIpc) is 2.17. The van der Waals surface area contributed by atoms with Crippen molar-refractivity contribution in [3.8, 4) is 0 Å². The van der Waals surface area contributed by atoms with Crippen LogP contribution >= 0.6 is 0 Å². The van der Waals surface area contributed by atoms with E-state index in [0.717, 1.165) is 0 Å². The molecule has 0 amide bonds. The Bertz CT molecular complexity index is 144.